The third-order valence-electron chi connectivity index (χ3n) is 2.69. The number of amides is 1. The van der Waals surface area contributed by atoms with Gasteiger partial charge in [-0.1, -0.05) is 25.1 Å². The van der Waals surface area contributed by atoms with Gasteiger partial charge in [0, 0.05) is 0 Å². The fourth-order valence-electron chi connectivity index (χ4n) is 1.92. The zero-order chi connectivity index (χ0) is 13.8. The maximum atomic E-state index is 12.3. The normalized spacial score (nSPS) is 16.9. The summed E-state index contributed by atoms with van der Waals surface area (Å²) in [5, 5.41) is 3.32. The summed E-state index contributed by atoms with van der Waals surface area (Å²) in [6, 6.07) is 7.38. The van der Waals surface area contributed by atoms with Gasteiger partial charge in [0.1, 0.15) is 11.4 Å². The molecule has 1 aliphatic rings. The number of nitrogens with zero attached hydrogens (tertiary/aromatic N) is 1. The largest absolute Gasteiger partial charge is 0.492 e. The molecule has 1 aromatic carbocycles. The molecule has 1 fully saturated rings. The Morgan fingerprint density at radius 3 is 2.79 bits per heavy atom. The van der Waals surface area contributed by atoms with E-state index in [1.807, 2.05) is 44.2 Å². The second kappa shape index (κ2) is 5.84. The molecule has 1 aromatic rings. The van der Waals surface area contributed by atoms with Crippen LogP contribution in [0.5, 0.6) is 5.75 Å². The Labute approximate surface area is 118 Å². The van der Waals surface area contributed by atoms with E-state index >= 15 is 0 Å². The Kier molecular flexibility index (Phi) is 4.16. The maximum Gasteiger partial charge on any atom is 0.280 e. The quantitative estimate of drug-likeness (QED) is 0.678. The summed E-state index contributed by atoms with van der Waals surface area (Å²) in [6.45, 7) is 4.42. The molecule has 0 radical (unpaired) electrons. The van der Waals surface area contributed by atoms with Crippen LogP contribution in [0.1, 0.15) is 20.3 Å². The Hall–Kier alpha value is -1.88. The molecule has 19 heavy (non-hydrogen) atoms. The van der Waals surface area contributed by atoms with Gasteiger partial charge >= 0.3 is 0 Å². The van der Waals surface area contributed by atoms with Crippen molar-refractivity contribution in [3.05, 3.63) is 36.0 Å². The summed E-state index contributed by atoms with van der Waals surface area (Å²) in [5.41, 5.74) is 1.20. The average molecular weight is 276 g/mol. The molecule has 0 aliphatic carbocycles. The predicted molar refractivity (Wildman–Crippen MR) is 79.2 cm³/mol. The standard InChI is InChI=1S/C14H16N2O2S/c1-3-7-10-13(17)16(14(19)15-10)11-8-5-6-9-12(11)18-4-2/h5-9H,3-4H2,1-2H3,(H,15,19)/b10-7+. The summed E-state index contributed by atoms with van der Waals surface area (Å²) in [6.07, 6.45) is 2.61. The van der Waals surface area contributed by atoms with Crippen LogP contribution in [-0.4, -0.2) is 17.6 Å². The van der Waals surface area contributed by atoms with Crippen LogP contribution in [0.15, 0.2) is 36.0 Å². The molecule has 1 amide bonds. The number of nitrogens with one attached hydrogen (secondary N) is 1. The van der Waals surface area contributed by atoms with Crippen molar-refractivity contribution in [1.82, 2.24) is 5.32 Å². The number of carbonyl (C=O) groups excluding carboxylic acids is 1. The minimum atomic E-state index is -0.140. The van der Waals surface area contributed by atoms with Gasteiger partial charge in [-0.25, -0.2) is 4.90 Å². The third kappa shape index (κ3) is 2.61. The van der Waals surface area contributed by atoms with E-state index in [0.29, 0.717) is 28.9 Å². The van der Waals surface area contributed by atoms with Gasteiger partial charge in [-0.2, -0.15) is 0 Å². The Balaban J connectivity index is 2.39. The molecular weight excluding hydrogens is 260 g/mol. The van der Waals surface area contributed by atoms with E-state index in [4.69, 9.17) is 17.0 Å². The molecule has 4 nitrogen and oxygen atoms in total. The molecule has 0 bridgehead atoms. The molecular formula is C14H16N2O2S. The van der Waals surface area contributed by atoms with Crippen molar-refractivity contribution in [2.45, 2.75) is 20.3 Å². The predicted octanol–water partition coefficient (Wildman–Crippen LogP) is 2.60. The number of anilines is 1. The highest BCUT2D eigenvalue weighted by molar-refractivity contribution is 7.80. The molecule has 1 aliphatic heterocycles. The van der Waals surface area contributed by atoms with Crippen molar-refractivity contribution in [3.8, 4) is 5.75 Å². The van der Waals surface area contributed by atoms with E-state index in [1.165, 1.54) is 4.90 Å². The Morgan fingerprint density at radius 1 is 1.37 bits per heavy atom. The summed E-state index contributed by atoms with van der Waals surface area (Å²) in [4.78, 5) is 13.8. The van der Waals surface area contributed by atoms with Gasteiger partial charge in [0.15, 0.2) is 5.11 Å². The number of benzene rings is 1. The van der Waals surface area contributed by atoms with Crippen molar-refractivity contribution in [2.24, 2.45) is 0 Å². The van der Waals surface area contributed by atoms with Crippen molar-refractivity contribution in [2.75, 3.05) is 11.5 Å². The van der Waals surface area contributed by atoms with E-state index < -0.39 is 0 Å². The van der Waals surface area contributed by atoms with Gasteiger partial charge in [0.25, 0.3) is 5.91 Å². The van der Waals surface area contributed by atoms with Crippen LogP contribution < -0.4 is 15.0 Å². The second-order valence-electron chi connectivity index (χ2n) is 4.00. The summed E-state index contributed by atoms with van der Waals surface area (Å²) in [5.74, 6) is 0.513. The number of hydrogen-bond donors (Lipinski definition) is 1. The van der Waals surface area contributed by atoms with Crippen LogP contribution in [0.2, 0.25) is 0 Å². The lowest BCUT2D eigenvalue weighted by Crippen LogP contribution is -2.30. The van der Waals surface area contributed by atoms with E-state index in [9.17, 15) is 4.79 Å². The fraction of sp³-hybridized carbons (Fsp3) is 0.286. The van der Waals surface area contributed by atoms with Crippen LogP contribution in [0, 0.1) is 0 Å². The number of hydrogen-bond acceptors (Lipinski definition) is 3. The van der Waals surface area contributed by atoms with Crippen molar-refractivity contribution in [1.29, 1.82) is 0 Å². The van der Waals surface area contributed by atoms with Crippen LogP contribution >= 0.6 is 12.2 Å². The highest BCUT2D eigenvalue weighted by Gasteiger charge is 2.33. The third-order valence-corrected chi connectivity index (χ3v) is 2.98. The number of ether oxygens (including phenoxy) is 1. The zero-order valence-corrected chi connectivity index (χ0v) is 11.8. The first kappa shape index (κ1) is 13.5. The lowest BCUT2D eigenvalue weighted by atomic mass is 10.2. The molecule has 0 spiro atoms. The summed E-state index contributed by atoms with van der Waals surface area (Å²) < 4.78 is 5.54. The highest BCUT2D eigenvalue weighted by Crippen LogP contribution is 2.31. The Morgan fingerprint density at radius 2 is 2.11 bits per heavy atom. The molecule has 2 rings (SSSR count). The topological polar surface area (TPSA) is 41.6 Å². The van der Waals surface area contributed by atoms with Crippen LogP contribution in [0.25, 0.3) is 0 Å². The second-order valence-corrected chi connectivity index (χ2v) is 4.38. The van der Waals surface area contributed by atoms with Crippen LogP contribution in [0.3, 0.4) is 0 Å². The van der Waals surface area contributed by atoms with Gasteiger partial charge < -0.3 is 10.1 Å². The summed E-state index contributed by atoms with van der Waals surface area (Å²) >= 11 is 5.23. The van der Waals surface area contributed by atoms with E-state index in [-0.39, 0.29) is 5.91 Å². The first-order valence-corrected chi connectivity index (χ1v) is 6.67. The Bertz CT molecular complexity index is 540. The van der Waals surface area contributed by atoms with Gasteiger partial charge in [-0.15, -0.1) is 0 Å². The molecule has 1 N–H and O–H groups in total. The van der Waals surface area contributed by atoms with Crippen LogP contribution in [-0.2, 0) is 4.79 Å². The van der Waals surface area contributed by atoms with E-state index in [1.54, 1.807) is 0 Å². The molecule has 1 heterocycles. The van der Waals surface area contributed by atoms with E-state index in [2.05, 4.69) is 5.32 Å². The lowest BCUT2D eigenvalue weighted by molar-refractivity contribution is -0.113. The molecule has 100 valence electrons. The highest BCUT2D eigenvalue weighted by atomic mass is 32.1. The summed E-state index contributed by atoms with van der Waals surface area (Å²) in [7, 11) is 0. The minimum absolute atomic E-state index is 0.140. The number of allylic oxidation sites excluding steroid dienone is 1. The molecule has 0 unspecified atom stereocenters. The van der Waals surface area contributed by atoms with Gasteiger partial charge in [-0.05, 0) is 37.7 Å². The van der Waals surface area contributed by atoms with Crippen LogP contribution in [0.4, 0.5) is 5.69 Å². The number of carbonyl (C=O) groups is 1. The average Bonchev–Trinajstić information content (AvgIpc) is 2.67. The molecule has 1 saturated heterocycles. The van der Waals surface area contributed by atoms with Gasteiger partial charge in [0.05, 0.1) is 12.3 Å². The number of rotatable bonds is 4. The van der Waals surface area contributed by atoms with Gasteiger partial charge in [-0.3, -0.25) is 4.79 Å². The number of para-hydroxylation sites is 2. The lowest BCUT2D eigenvalue weighted by Gasteiger charge is -2.17. The van der Waals surface area contributed by atoms with Gasteiger partial charge in [0.2, 0.25) is 0 Å². The number of thiocarbonyl (C=S) groups is 1. The first-order valence-electron chi connectivity index (χ1n) is 6.26. The van der Waals surface area contributed by atoms with Crippen molar-refractivity contribution < 1.29 is 9.53 Å². The minimum Gasteiger partial charge on any atom is -0.492 e. The molecule has 0 saturated carbocycles. The SMILES string of the molecule is CC/C=C1/NC(=S)N(c2ccccc2OCC)C1=O. The molecule has 0 atom stereocenters. The molecule has 5 heteroatoms. The van der Waals surface area contributed by atoms with E-state index in [0.717, 1.165) is 6.42 Å². The molecule has 0 aromatic heterocycles. The fourth-order valence-corrected chi connectivity index (χ4v) is 2.21. The maximum absolute atomic E-state index is 12.3. The zero-order valence-electron chi connectivity index (χ0n) is 11.0. The van der Waals surface area contributed by atoms with Crippen molar-refractivity contribution in [3.63, 3.8) is 0 Å². The smallest absolute Gasteiger partial charge is 0.280 e. The van der Waals surface area contributed by atoms with Crippen molar-refractivity contribution >= 4 is 28.9 Å². The first-order chi connectivity index (χ1) is 9.19. The monoisotopic (exact) mass is 276 g/mol.